The second-order valence-corrected chi connectivity index (χ2v) is 6.97. The minimum absolute atomic E-state index is 0.114. The van der Waals surface area contributed by atoms with E-state index in [1.807, 2.05) is 20.8 Å². The lowest BCUT2D eigenvalue weighted by Crippen LogP contribution is -2.48. The van der Waals surface area contributed by atoms with E-state index in [-0.39, 0.29) is 42.0 Å². The average molecular weight is 364 g/mol. The van der Waals surface area contributed by atoms with Gasteiger partial charge in [0, 0.05) is 17.5 Å². The van der Waals surface area contributed by atoms with Crippen LogP contribution in [0, 0.1) is 5.82 Å². The highest BCUT2D eigenvalue weighted by atomic mass is 32.1. The van der Waals surface area contributed by atoms with Crippen molar-refractivity contribution < 1.29 is 14.0 Å². The Bertz CT molecular complexity index is 717. The highest BCUT2D eigenvalue weighted by Gasteiger charge is 2.24. The summed E-state index contributed by atoms with van der Waals surface area (Å²) in [4.78, 5) is 26.4. The average Bonchev–Trinajstić information content (AvgIpc) is 3.09. The van der Waals surface area contributed by atoms with Crippen LogP contribution < -0.4 is 5.32 Å². The van der Waals surface area contributed by atoms with E-state index in [4.69, 9.17) is 0 Å². The molecule has 25 heavy (non-hydrogen) atoms. The van der Waals surface area contributed by atoms with Gasteiger partial charge in [-0.15, -0.1) is 5.10 Å². The van der Waals surface area contributed by atoms with Crippen LogP contribution >= 0.6 is 11.5 Å². The summed E-state index contributed by atoms with van der Waals surface area (Å²) in [7, 11) is 0. The maximum atomic E-state index is 13.1. The molecule has 0 saturated heterocycles. The summed E-state index contributed by atoms with van der Waals surface area (Å²) in [6, 6.07) is 5.82. The van der Waals surface area contributed by atoms with Gasteiger partial charge in [0.15, 0.2) is 5.69 Å². The van der Waals surface area contributed by atoms with Gasteiger partial charge in [0.1, 0.15) is 12.4 Å². The fourth-order valence-electron chi connectivity index (χ4n) is 2.11. The first-order valence-electron chi connectivity index (χ1n) is 7.92. The summed E-state index contributed by atoms with van der Waals surface area (Å²) in [5.74, 6) is -0.999. The lowest BCUT2D eigenvalue weighted by molar-refractivity contribution is -0.123. The quantitative estimate of drug-likeness (QED) is 0.819. The number of nitrogens with one attached hydrogen (secondary N) is 1. The number of aromatic nitrogens is 2. The van der Waals surface area contributed by atoms with E-state index >= 15 is 0 Å². The zero-order valence-electron chi connectivity index (χ0n) is 14.5. The van der Waals surface area contributed by atoms with Crippen molar-refractivity contribution in [2.45, 2.75) is 39.3 Å². The van der Waals surface area contributed by atoms with Crippen molar-refractivity contribution in [1.29, 1.82) is 0 Å². The molecule has 6 nitrogen and oxygen atoms in total. The molecule has 1 N–H and O–H groups in total. The van der Waals surface area contributed by atoms with Crippen LogP contribution in [0.25, 0.3) is 0 Å². The molecule has 0 aliphatic carbocycles. The highest BCUT2D eigenvalue weighted by Crippen LogP contribution is 2.12. The Kier molecular flexibility index (Phi) is 6.19. The summed E-state index contributed by atoms with van der Waals surface area (Å²) in [6.07, 6.45) is 0.765. The van der Waals surface area contributed by atoms with Gasteiger partial charge in [0.05, 0.1) is 0 Å². The topological polar surface area (TPSA) is 75.2 Å². The molecule has 0 saturated carbocycles. The van der Waals surface area contributed by atoms with Crippen molar-refractivity contribution in [2.75, 3.05) is 6.54 Å². The van der Waals surface area contributed by atoms with Crippen LogP contribution in [0.15, 0.2) is 29.6 Å². The minimum atomic E-state index is -0.387. The highest BCUT2D eigenvalue weighted by molar-refractivity contribution is 7.03. The molecule has 8 heteroatoms. The molecule has 0 aliphatic heterocycles. The predicted octanol–water partition coefficient (Wildman–Crippen LogP) is 2.62. The van der Waals surface area contributed by atoms with Crippen molar-refractivity contribution in [3.05, 3.63) is 46.7 Å². The monoisotopic (exact) mass is 364 g/mol. The second-order valence-electron chi connectivity index (χ2n) is 6.36. The largest absolute Gasteiger partial charge is 0.350 e. The predicted molar refractivity (Wildman–Crippen MR) is 93.6 cm³/mol. The lowest BCUT2D eigenvalue weighted by atomic mass is 10.0. The summed E-state index contributed by atoms with van der Waals surface area (Å²) in [5.41, 5.74) is 0.555. The van der Waals surface area contributed by atoms with Gasteiger partial charge >= 0.3 is 0 Å². The van der Waals surface area contributed by atoms with E-state index < -0.39 is 0 Å². The molecule has 1 heterocycles. The van der Waals surface area contributed by atoms with E-state index in [9.17, 15) is 14.0 Å². The molecule has 134 valence electrons. The SMILES string of the molecule is CCC(C)(C)NC(=O)CN(Cc1ccc(F)cc1)C(=O)c1csnn1. The van der Waals surface area contributed by atoms with Gasteiger partial charge in [-0.3, -0.25) is 9.59 Å². The second kappa shape index (κ2) is 8.15. The number of carbonyl (C=O) groups is 2. The molecule has 0 atom stereocenters. The van der Waals surface area contributed by atoms with Crippen LogP contribution in [0.1, 0.15) is 43.2 Å². The molecule has 0 radical (unpaired) electrons. The Morgan fingerprint density at radius 2 is 1.96 bits per heavy atom. The lowest BCUT2D eigenvalue weighted by Gasteiger charge is -2.27. The van der Waals surface area contributed by atoms with Crippen LogP contribution in [0.4, 0.5) is 4.39 Å². The van der Waals surface area contributed by atoms with E-state index in [1.165, 1.54) is 22.4 Å². The standard InChI is InChI=1S/C17H21FN4O2S/c1-4-17(2,3)19-15(23)10-22(16(24)14-11-25-21-20-14)9-12-5-7-13(18)8-6-12/h5-8,11H,4,9-10H2,1-3H3,(H,19,23). The van der Waals surface area contributed by atoms with Gasteiger partial charge in [0.25, 0.3) is 5.91 Å². The minimum Gasteiger partial charge on any atom is -0.350 e. The smallest absolute Gasteiger partial charge is 0.276 e. The van der Waals surface area contributed by atoms with Gasteiger partial charge in [-0.05, 0) is 49.5 Å². The van der Waals surface area contributed by atoms with Crippen LogP contribution in [0.5, 0.6) is 0 Å². The van der Waals surface area contributed by atoms with Gasteiger partial charge in [-0.2, -0.15) is 0 Å². The Morgan fingerprint density at radius 1 is 1.28 bits per heavy atom. The molecule has 0 unspecified atom stereocenters. The first-order chi connectivity index (χ1) is 11.8. The Balaban J connectivity index is 2.15. The summed E-state index contributed by atoms with van der Waals surface area (Å²) in [6.45, 7) is 5.87. The molecule has 0 fully saturated rings. The number of nitrogens with zero attached hydrogens (tertiary/aromatic N) is 3. The van der Waals surface area contributed by atoms with E-state index in [0.29, 0.717) is 0 Å². The summed E-state index contributed by atoms with van der Waals surface area (Å²) < 4.78 is 16.8. The molecule has 0 aliphatic rings. The zero-order chi connectivity index (χ0) is 18.4. The van der Waals surface area contributed by atoms with Crippen LogP contribution in [0.3, 0.4) is 0 Å². The molecule has 1 aromatic heterocycles. The first kappa shape index (κ1) is 19.0. The third-order valence-electron chi connectivity index (χ3n) is 3.85. The maximum Gasteiger partial charge on any atom is 0.276 e. The number of hydrogen-bond donors (Lipinski definition) is 1. The van der Waals surface area contributed by atoms with Crippen LogP contribution in [-0.2, 0) is 11.3 Å². The fourth-order valence-corrected chi connectivity index (χ4v) is 2.54. The Hall–Kier alpha value is -2.35. The third kappa shape index (κ3) is 5.60. The van der Waals surface area contributed by atoms with Crippen molar-refractivity contribution in [1.82, 2.24) is 19.8 Å². The van der Waals surface area contributed by atoms with Gasteiger partial charge in [-0.25, -0.2) is 4.39 Å². The molecule has 1 aromatic carbocycles. The fraction of sp³-hybridized carbons (Fsp3) is 0.412. The van der Waals surface area contributed by atoms with Gasteiger partial charge in [-0.1, -0.05) is 23.5 Å². The number of rotatable bonds is 7. The van der Waals surface area contributed by atoms with Crippen LogP contribution in [0.2, 0.25) is 0 Å². The Morgan fingerprint density at radius 3 is 2.52 bits per heavy atom. The molecule has 2 aromatic rings. The Labute approximate surface area is 150 Å². The number of benzene rings is 1. The van der Waals surface area contributed by atoms with E-state index in [1.54, 1.807) is 12.1 Å². The zero-order valence-corrected chi connectivity index (χ0v) is 15.3. The number of hydrogen-bond acceptors (Lipinski definition) is 5. The number of halogens is 1. The number of amides is 2. The molecular formula is C17H21FN4O2S. The molecule has 0 spiro atoms. The molecule has 2 amide bonds. The van der Waals surface area contributed by atoms with Gasteiger partial charge in [0.2, 0.25) is 5.91 Å². The van der Waals surface area contributed by atoms with Gasteiger partial charge < -0.3 is 10.2 Å². The number of carbonyl (C=O) groups excluding carboxylic acids is 2. The van der Waals surface area contributed by atoms with E-state index in [2.05, 4.69) is 14.9 Å². The van der Waals surface area contributed by atoms with E-state index in [0.717, 1.165) is 23.5 Å². The first-order valence-corrected chi connectivity index (χ1v) is 8.76. The van der Waals surface area contributed by atoms with Crippen molar-refractivity contribution >= 4 is 23.3 Å². The maximum absolute atomic E-state index is 13.1. The summed E-state index contributed by atoms with van der Waals surface area (Å²) in [5, 5.41) is 8.22. The van der Waals surface area contributed by atoms with Crippen molar-refractivity contribution in [3.63, 3.8) is 0 Å². The summed E-state index contributed by atoms with van der Waals surface area (Å²) >= 11 is 1.07. The normalized spacial score (nSPS) is 11.2. The molecule has 2 rings (SSSR count). The van der Waals surface area contributed by atoms with Crippen LogP contribution in [-0.4, -0.2) is 38.4 Å². The van der Waals surface area contributed by atoms with Crippen molar-refractivity contribution in [2.24, 2.45) is 0 Å². The third-order valence-corrected chi connectivity index (χ3v) is 4.35. The molecular weight excluding hydrogens is 343 g/mol. The molecule has 0 bridgehead atoms. The van der Waals surface area contributed by atoms with Crippen molar-refractivity contribution in [3.8, 4) is 0 Å².